The Morgan fingerprint density at radius 1 is 1.32 bits per heavy atom. The number of nitrogens with zero attached hydrogens (tertiary/aromatic N) is 1. The summed E-state index contributed by atoms with van der Waals surface area (Å²) in [6, 6.07) is 10.1. The van der Waals surface area contributed by atoms with Crippen molar-refractivity contribution in [3.63, 3.8) is 0 Å². The second-order valence-electron chi connectivity index (χ2n) is 4.69. The number of thiazole rings is 1. The van der Waals surface area contributed by atoms with E-state index in [0.29, 0.717) is 6.54 Å². The summed E-state index contributed by atoms with van der Waals surface area (Å²) in [5.74, 6) is 0.135. The molecule has 2 rings (SSSR count). The van der Waals surface area contributed by atoms with Gasteiger partial charge in [-0.3, -0.25) is 4.79 Å². The average Bonchev–Trinajstić information content (AvgIpc) is 2.88. The van der Waals surface area contributed by atoms with Crippen LogP contribution in [0.5, 0.6) is 0 Å². The lowest BCUT2D eigenvalue weighted by molar-refractivity contribution is -0.123. The van der Waals surface area contributed by atoms with Crippen LogP contribution in [0, 0.1) is 5.92 Å². The lowest BCUT2D eigenvalue weighted by atomic mass is 10.2. The molecule has 0 spiro atoms. The first-order chi connectivity index (χ1) is 9.16. The molecule has 100 valence electrons. The van der Waals surface area contributed by atoms with Crippen LogP contribution in [-0.4, -0.2) is 17.4 Å². The van der Waals surface area contributed by atoms with Crippen molar-refractivity contribution in [2.24, 2.45) is 5.92 Å². The van der Waals surface area contributed by atoms with Crippen LogP contribution in [0.4, 0.5) is 0 Å². The first-order valence-corrected chi connectivity index (χ1v) is 7.32. The van der Waals surface area contributed by atoms with E-state index in [9.17, 15) is 4.79 Å². The van der Waals surface area contributed by atoms with E-state index < -0.39 is 0 Å². The molecule has 0 aliphatic rings. The maximum atomic E-state index is 11.4. The number of nitrogens with one attached hydrogen (secondary N) is 1. The minimum absolute atomic E-state index is 0.0381. The van der Waals surface area contributed by atoms with Gasteiger partial charge in [-0.05, 0) is 0 Å². The molecule has 0 radical (unpaired) electrons. The van der Waals surface area contributed by atoms with Gasteiger partial charge in [-0.2, -0.15) is 0 Å². The van der Waals surface area contributed by atoms with Gasteiger partial charge in [0.05, 0.1) is 10.7 Å². The van der Waals surface area contributed by atoms with Gasteiger partial charge in [-0.1, -0.05) is 44.2 Å². The zero-order valence-corrected chi connectivity index (χ0v) is 12.0. The number of carbonyl (C=O) groups excluding carboxylic acids is 1. The Hall–Kier alpha value is -1.68. The molecule has 0 aliphatic carbocycles. The van der Waals surface area contributed by atoms with Gasteiger partial charge in [0.25, 0.3) is 0 Å². The molecule has 4 heteroatoms. The number of hydrogen-bond acceptors (Lipinski definition) is 3. The van der Waals surface area contributed by atoms with Crippen LogP contribution >= 0.6 is 11.3 Å². The molecular formula is C15H18N2OS. The highest BCUT2D eigenvalue weighted by Gasteiger charge is 2.07. The molecule has 1 aromatic heterocycles. The standard InChI is InChI=1S/C15H18N2OS/c1-11(2)15(18)16-9-8-14-17-13(10-19-14)12-6-4-3-5-7-12/h3-7,10-11H,8-9H2,1-2H3,(H,16,18). The van der Waals surface area contributed by atoms with Crippen LogP contribution in [0.15, 0.2) is 35.7 Å². The van der Waals surface area contributed by atoms with E-state index in [4.69, 9.17) is 0 Å². The summed E-state index contributed by atoms with van der Waals surface area (Å²) in [7, 11) is 0. The predicted molar refractivity (Wildman–Crippen MR) is 79.1 cm³/mol. The van der Waals surface area contributed by atoms with Gasteiger partial charge in [-0.25, -0.2) is 4.98 Å². The Balaban J connectivity index is 1.90. The van der Waals surface area contributed by atoms with E-state index in [0.717, 1.165) is 22.7 Å². The minimum Gasteiger partial charge on any atom is -0.355 e. The van der Waals surface area contributed by atoms with E-state index in [1.807, 2.05) is 32.0 Å². The fraction of sp³-hybridized carbons (Fsp3) is 0.333. The lowest BCUT2D eigenvalue weighted by Gasteiger charge is -2.05. The van der Waals surface area contributed by atoms with Gasteiger partial charge in [0, 0.05) is 29.8 Å². The summed E-state index contributed by atoms with van der Waals surface area (Å²) in [4.78, 5) is 16.0. The van der Waals surface area contributed by atoms with Crippen LogP contribution in [0.3, 0.4) is 0 Å². The van der Waals surface area contributed by atoms with Crippen molar-refractivity contribution in [3.8, 4) is 11.3 Å². The summed E-state index contributed by atoms with van der Waals surface area (Å²) in [5.41, 5.74) is 2.15. The van der Waals surface area contributed by atoms with Crippen LogP contribution in [0.2, 0.25) is 0 Å². The van der Waals surface area contributed by atoms with E-state index >= 15 is 0 Å². The molecular weight excluding hydrogens is 256 g/mol. The molecule has 0 unspecified atom stereocenters. The fourth-order valence-corrected chi connectivity index (χ4v) is 2.47. The predicted octanol–water partition coefficient (Wildman–Crippen LogP) is 3.12. The normalized spacial score (nSPS) is 10.7. The quantitative estimate of drug-likeness (QED) is 0.910. The van der Waals surface area contributed by atoms with Crippen molar-refractivity contribution in [1.82, 2.24) is 10.3 Å². The Morgan fingerprint density at radius 2 is 2.05 bits per heavy atom. The molecule has 1 aromatic carbocycles. The fourth-order valence-electron chi connectivity index (χ4n) is 1.66. The van der Waals surface area contributed by atoms with Gasteiger partial charge in [-0.15, -0.1) is 11.3 Å². The molecule has 0 aliphatic heterocycles. The molecule has 0 fully saturated rings. The average molecular weight is 274 g/mol. The van der Waals surface area contributed by atoms with Crippen LogP contribution in [0.1, 0.15) is 18.9 Å². The summed E-state index contributed by atoms with van der Waals surface area (Å²) < 4.78 is 0. The summed E-state index contributed by atoms with van der Waals surface area (Å²) in [6.07, 6.45) is 0.788. The summed E-state index contributed by atoms with van der Waals surface area (Å²) >= 11 is 1.64. The summed E-state index contributed by atoms with van der Waals surface area (Å²) in [6.45, 7) is 4.44. The van der Waals surface area contributed by atoms with E-state index in [1.54, 1.807) is 11.3 Å². The molecule has 0 saturated carbocycles. The van der Waals surface area contributed by atoms with Gasteiger partial charge >= 0.3 is 0 Å². The zero-order valence-electron chi connectivity index (χ0n) is 11.2. The summed E-state index contributed by atoms with van der Waals surface area (Å²) in [5, 5.41) is 6.03. The Bertz CT molecular complexity index is 534. The van der Waals surface area contributed by atoms with Crippen molar-refractivity contribution in [3.05, 3.63) is 40.7 Å². The van der Waals surface area contributed by atoms with Gasteiger partial charge in [0.15, 0.2) is 0 Å². The highest BCUT2D eigenvalue weighted by Crippen LogP contribution is 2.21. The first-order valence-electron chi connectivity index (χ1n) is 6.44. The number of amides is 1. The molecule has 3 nitrogen and oxygen atoms in total. The van der Waals surface area contributed by atoms with Crippen molar-refractivity contribution in [2.75, 3.05) is 6.54 Å². The number of hydrogen-bond donors (Lipinski definition) is 1. The van der Waals surface area contributed by atoms with Crippen LogP contribution in [0.25, 0.3) is 11.3 Å². The SMILES string of the molecule is CC(C)C(=O)NCCc1nc(-c2ccccc2)cs1. The maximum absolute atomic E-state index is 11.4. The van der Waals surface area contributed by atoms with Gasteiger partial charge < -0.3 is 5.32 Å². The molecule has 0 bridgehead atoms. The highest BCUT2D eigenvalue weighted by atomic mass is 32.1. The lowest BCUT2D eigenvalue weighted by Crippen LogP contribution is -2.29. The number of carbonyl (C=O) groups is 1. The largest absolute Gasteiger partial charge is 0.355 e. The van der Waals surface area contributed by atoms with Crippen molar-refractivity contribution < 1.29 is 4.79 Å². The van der Waals surface area contributed by atoms with E-state index in [-0.39, 0.29) is 11.8 Å². The first kappa shape index (κ1) is 13.7. The number of aromatic nitrogens is 1. The highest BCUT2D eigenvalue weighted by molar-refractivity contribution is 7.09. The Morgan fingerprint density at radius 3 is 2.74 bits per heavy atom. The zero-order chi connectivity index (χ0) is 13.7. The third-order valence-corrected chi connectivity index (χ3v) is 3.69. The Kier molecular flexibility index (Phi) is 4.68. The van der Waals surface area contributed by atoms with Crippen molar-refractivity contribution in [2.45, 2.75) is 20.3 Å². The third kappa shape index (κ3) is 3.89. The smallest absolute Gasteiger partial charge is 0.222 e. The molecule has 2 aromatic rings. The molecule has 19 heavy (non-hydrogen) atoms. The van der Waals surface area contributed by atoms with Crippen LogP contribution in [-0.2, 0) is 11.2 Å². The molecule has 1 amide bonds. The van der Waals surface area contributed by atoms with Crippen molar-refractivity contribution >= 4 is 17.2 Å². The van der Waals surface area contributed by atoms with Gasteiger partial charge in [0.2, 0.25) is 5.91 Å². The minimum atomic E-state index is 0.0381. The topological polar surface area (TPSA) is 42.0 Å². The molecule has 0 atom stereocenters. The van der Waals surface area contributed by atoms with Crippen molar-refractivity contribution in [1.29, 1.82) is 0 Å². The monoisotopic (exact) mass is 274 g/mol. The second-order valence-corrected chi connectivity index (χ2v) is 5.63. The van der Waals surface area contributed by atoms with Crippen LogP contribution < -0.4 is 5.32 Å². The Labute approximate surface area is 117 Å². The molecule has 1 heterocycles. The third-order valence-electron chi connectivity index (χ3n) is 2.78. The van der Waals surface area contributed by atoms with E-state index in [2.05, 4.69) is 27.8 Å². The number of rotatable bonds is 5. The van der Waals surface area contributed by atoms with E-state index in [1.165, 1.54) is 0 Å². The second kappa shape index (κ2) is 6.48. The van der Waals surface area contributed by atoms with Gasteiger partial charge in [0.1, 0.15) is 0 Å². The molecule has 1 N–H and O–H groups in total. The maximum Gasteiger partial charge on any atom is 0.222 e. The molecule has 0 saturated heterocycles. The number of benzene rings is 1.